The number of aromatic nitrogens is 3. The first-order chi connectivity index (χ1) is 11.9. The fourth-order valence-corrected chi connectivity index (χ4v) is 3.13. The molecule has 0 spiro atoms. The van der Waals surface area contributed by atoms with Gasteiger partial charge in [0.25, 0.3) is 5.91 Å². The molecule has 0 radical (unpaired) electrons. The lowest BCUT2D eigenvalue weighted by Gasteiger charge is -2.21. The Hall–Kier alpha value is -2.89. The molecule has 0 saturated carbocycles. The molecule has 0 saturated heterocycles. The Morgan fingerprint density at radius 3 is 2.76 bits per heavy atom. The highest BCUT2D eigenvalue weighted by atomic mass is 16.1. The van der Waals surface area contributed by atoms with Gasteiger partial charge in [0, 0.05) is 41.7 Å². The van der Waals surface area contributed by atoms with Gasteiger partial charge in [-0.3, -0.25) is 9.78 Å². The molecule has 0 fully saturated rings. The van der Waals surface area contributed by atoms with Gasteiger partial charge in [-0.2, -0.15) is 0 Å². The van der Waals surface area contributed by atoms with Crippen molar-refractivity contribution in [2.75, 3.05) is 11.9 Å². The summed E-state index contributed by atoms with van der Waals surface area (Å²) in [4.78, 5) is 24.6. The minimum absolute atomic E-state index is 0.0230. The van der Waals surface area contributed by atoms with Crippen LogP contribution in [0.15, 0.2) is 30.5 Å². The number of pyridine rings is 2. The molecule has 6 heteroatoms. The van der Waals surface area contributed by atoms with Crippen molar-refractivity contribution in [2.24, 2.45) is 0 Å². The summed E-state index contributed by atoms with van der Waals surface area (Å²) in [5, 5.41) is 6.27. The van der Waals surface area contributed by atoms with Gasteiger partial charge in [0.1, 0.15) is 11.3 Å². The fraction of sp³-hybridized carbons (Fsp3) is 0.316. The minimum Gasteiger partial charge on any atom is -0.365 e. The second kappa shape index (κ2) is 5.58. The van der Waals surface area contributed by atoms with Gasteiger partial charge in [0.2, 0.25) is 0 Å². The molecule has 1 aliphatic heterocycles. The molecular weight excluding hydrogens is 314 g/mol. The molecule has 0 aliphatic carbocycles. The third kappa shape index (κ3) is 2.95. The maximum absolute atomic E-state index is 12.0. The van der Waals surface area contributed by atoms with Crippen LogP contribution in [-0.4, -0.2) is 32.9 Å². The van der Waals surface area contributed by atoms with E-state index in [4.69, 9.17) is 4.98 Å². The largest absolute Gasteiger partial charge is 0.365 e. The van der Waals surface area contributed by atoms with Crippen LogP contribution < -0.4 is 10.6 Å². The summed E-state index contributed by atoms with van der Waals surface area (Å²) in [6.45, 7) is 6.96. The van der Waals surface area contributed by atoms with Crippen LogP contribution in [-0.2, 0) is 6.42 Å². The number of carbonyl (C=O) groups is 1. The van der Waals surface area contributed by atoms with Crippen molar-refractivity contribution in [2.45, 2.75) is 32.7 Å². The Morgan fingerprint density at radius 2 is 2.00 bits per heavy atom. The second-order valence-corrected chi connectivity index (χ2v) is 7.38. The highest BCUT2D eigenvalue weighted by molar-refractivity contribution is 5.99. The number of H-pyrrole nitrogens is 1. The van der Waals surface area contributed by atoms with Crippen LogP contribution in [0.4, 0.5) is 5.82 Å². The average molecular weight is 335 g/mol. The summed E-state index contributed by atoms with van der Waals surface area (Å²) in [5.41, 5.74) is 5.11. The summed E-state index contributed by atoms with van der Waals surface area (Å²) >= 11 is 0. The fourth-order valence-electron chi connectivity index (χ4n) is 3.13. The number of hydrogen-bond donors (Lipinski definition) is 3. The molecule has 4 rings (SSSR count). The van der Waals surface area contributed by atoms with Crippen LogP contribution in [0.2, 0.25) is 0 Å². The number of aromatic amines is 1. The van der Waals surface area contributed by atoms with E-state index in [2.05, 4.69) is 41.4 Å². The normalized spacial score (nSPS) is 14.3. The molecular formula is C19H21N5O. The van der Waals surface area contributed by atoms with Gasteiger partial charge in [0.05, 0.1) is 11.1 Å². The molecule has 0 atom stereocenters. The van der Waals surface area contributed by atoms with E-state index >= 15 is 0 Å². The first-order valence-electron chi connectivity index (χ1n) is 8.45. The minimum atomic E-state index is -0.0767. The van der Waals surface area contributed by atoms with Gasteiger partial charge < -0.3 is 15.6 Å². The third-order valence-electron chi connectivity index (χ3n) is 4.18. The number of nitrogens with zero attached hydrogens (tertiary/aromatic N) is 2. The Kier molecular flexibility index (Phi) is 3.49. The van der Waals surface area contributed by atoms with Gasteiger partial charge in [-0.1, -0.05) is 0 Å². The van der Waals surface area contributed by atoms with Crippen molar-refractivity contribution in [3.63, 3.8) is 0 Å². The van der Waals surface area contributed by atoms with E-state index in [0.29, 0.717) is 6.54 Å². The molecule has 4 heterocycles. The first kappa shape index (κ1) is 15.6. The Labute approximate surface area is 146 Å². The zero-order chi connectivity index (χ0) is 17.6. The van der Waals surface area contributed by atoms with Crippen LogP contribution in [0.3, 0.4) is 0 Å². The topological polar surface area (TPSA) is 82.7 Å². The smallest absolute Gasteiger partial charge is 0.253 e. The number of amides is 1. The van der Waals surface area contributed by atoms with Gasteiger partial charge >= 0.3 is 0 Å². The van der Waals surface area contributed by atoms with Crippen molar-refractivity contribution in [1.82, 2.24) is 20.3 Å². The number of carbonyl (C=O) groups excluding carboxylic acids is 1. The van der Waals surface area contributed by atoms with Crippen molar-refractivity contribution < 1.29 is 4.79 Å². The average Bonchev–Trinajstić information content (AvgIpc) is 2.98. The van der Waals surface area contributed by atoms with Gasteiger partial charge in [-0.25, -0.2) is 4.98 Å². The van der Waals surface area contributed by atoms with Crippen LogP contribution in [0.1, 0.15) is 36.8 Å². The van der Waals surface area contributed by atoms with E-state index in [-0.39, 0.29) is 11.4 Å². The van der Waals surface area contributed by atoms with E-state index in [0.717, 1.165) is 45.8 Å². The van der Waals surface area contributed by atoms with Crippen molar-refractivity contribution in [3.8, 4) is 11.3 Å². The number of anilines is 1. The zero-order valence-corrected chi connectivity index (χ0v) is 14.6. The third-order valence-corrected chi connectivity index (χ3v) is 4.18. The standard InChI is InChI=1S/C19H21N5O/c1-19(2,3)24-16-5-4-14-17(23-16)11(6-8-20-14)15-10-12-13(22-15)7-9-21-18(12)25/h4-6,8,10,22H,7,9H2,1-3H3,(H,21,25)(H,23,24). The SMILES string of the molecule is CC(C)(C)Nc1ccc2nccc(-c3cc4c([nH]3)CCNC4=O)c2n1. The van der Waals surface area contributed by atoms with E-state index in [9.17, 15) is 4.79 Å². The lowest BCUT2D eigenvalue weighted by molar-refractivity contribution is 0.0946. The molecule has 6 nitrogen and oxygen atoms in total. The molecule has 1 amide bonds. The Bertz CT molecular complexity index is 968. The molecule has 3 N–H and O–H groups in total. The number of rotatable bonds is 2. The van der Waals surface area contributed by atoms with E-state index in [1.807, 2.05) is 24.3 Å². The molecule has 0 aromatic carbocycles. The highest BCUT2D eigenvalue weighted by Crippen LogP contribution is 2.29. The summed E-state index contributed by atoms with van der Waals surface area (Å²) in [5.74, 6) is 0.786. The van der Waals surface area contributed by atoms with Crippen LogP contribution in [0.5, 0.6) is 0 Å². The Balaban J connectivity index is 1.84. The molecule has 0 unspecified atom stereocenters. The van der Waals surface area contributed by atoms with E-state index in [1.165, 1.54) is 0 Å². The first-order valence-corrected chi connectivity index (χ1v) is 8.45. The number of hydrogen-bond acceptors (Lipinski definition) is 4. The predicted octanol–water partition coefficient (Wildman–Crippen LogP) is 3.12. The Morgan fingerprint density at radius 1 is 1.16 bits per heavy atom. The zero-order valence-electron chi connectivity index (χ0n) is 14.6. The van der Waals surface area contributed by atoms with Crippen LogP contribution in [0, 0.1) is 0 Å². The highest BCUT2D eigenvalue weighted by Gasteiger charge is 2.21. The van der Waals surface area contributed by atoms with Crippen LogP contribution in [0.25, 0.3) is 22.3 Å². The maximum Gasteiger partial charge on any atom is 0.253 e. The van der Waals surface area contributed by atoms with Gasteiger partial charge in [0.15, 0.2) is 0 Å². The van der Waals surface area contributed by atoms with Crippen molar-refractivity contribution in [3.05, 3.63) is 41.7 Å². The summed E-state index contributed by atoms with van der Waals surface area (Å²) in [6, 6.07) is 7.75. The van der Waals surface area contributed by atoms with Crippen molar-refractivity contribution >= 4 is 22.8 Å². The monoisotopic (exact) mass is 335 g/mol. The van der Waals surface area contributed by atoms with Crippen LogP contribution >= 0.6 is 0 Å². The summed E-state index contributed by atoms with van der Waals surface area (Å²) in [7, 11) is 0. The molecule has 128 valence electrons. The predicted molar refractivity (Wildman–Crippen MR) is 98.7 cm³/mol. The molecule has 3 aromatic rings. The number of nitrogens with one attached hydrogen (secondary N) is 3. The molecule has 25 heavy (non-hydrogen) atoms. The maximum atomic E-state index is 12.0. The number of fused-ring (bicyclic) bond motifs is 2. The van der Waals surface area contributed by atoms with Gasteiger partial charge in [-0.15, -0.1) is 0 Å². The summed E-state index contributed by atoms with van der Waals surface area (Å²) in [6.07, 6.45) is 2.59. The molecule has 1 aliphatic rings. The van der Waals surface area contributed by atoms with E-state index < -0.39 is 0 Å². The molecule has 0 bridgehead atoms. The quantitative estimate of drug-likeness (QED) is 0.672. The molecule has 3 aromatic heterocycles. The van der Waals surface area contributed by atoms with Crippen molar-refractivity contribution in [1.29, 1.82) is 0 Å². The lowest BCUT2D eigenvalue weighted by Crippen LogP contribution is -2.31. The lowest BCUT2D eigenvalue weighted by atomic mass is 10.1. The second-order valence-electron chi connectivity index (χ2n) is 7.38. The van der Waals surface area contributed by atoms with E-state index in [1.54, 1.807) is 6.20 Å². The summed E-state index contributed by atoms with van der Waals surface area (Å²) < 4.78 is 0. The van der Waals surface area contributed by atoms with Gasteiger partial charge in [-0.05, 0) is 45.0 Å².